The minimum atomic E-state index is -0.779. The van der Waals surface area contributed by atoms with E-state index in [1.807, 2.05) is 0 Å². The first-order valence-electron chi connectivity index (χ1n) is 27.1. The molecule has 0 fully saturated rings. The highest BCUT2D eigenvalue weighted by Gasteiger charge is 2.19. The molecule has 0 N–H and O–H groups in total. The van der Waals surface area contributed by atoms with Gasteiger partial charge in [-0.1, -0.05) is 230 Å². The number of unbranched alkanes of at least 4 members (excludes halogenated alkanes) is 30. The Kier molecular flexibility index (Phi) is 49.8. The van der Waals surface area contributed by atoms with Crippen LogP contribution in [0.15, 0.2) is 48.6 Å². The van der Waals surface area contributed by atoms with E-state index in [0.717, 1.165) is 96.3 Å². The van der Waals surface area contributed by atoms with E-state index < -0.39 is 6.10 Å². The number of allylic oxidation sites excluding steroid dienone is 8. The third-order valence-corrected chi connectivity index (χ3v) is 11.8. The molecule has 0 heterocycles. The summed E-state index contributed by atoms with van der Waals surface area (Å²) in [6.45, 7) is 6.51. The van der Waals surface area contributed by atoms with E-state index in [1.165, 1.54) is 141 Å². The normalized spacial score (nSPS) is 12.4. The Bertz CT molecular complexity index is 1110. The second kappa shape index (κ2) is 52.0. The van der Waals surface area contributed by atoms with Crippen LogP contribution in [0.3, 0.4) is 0 Å². The molecule has 0 aromatic carbocycles. The average molecular weight is 883 g/mol. The van der Waals surface area contributed by atoms with Gasteiger partial charge in [0.2, 0.25) is 0 Å². The highest BCUT2D eigenvalue weighted by molar-refractivity contribution is 5.71. The summed E-state index contributed by atoms with van der Waals surface area (Å²) in [7, 11) is 0. The maximum Gasteiger partial charge on any atom is 0.306 e. The van der Waals surface area contributed by atoms with Gasteiger partial charge >= 0.3 is 17.9 Å². The second-order valence-electron chi connectivity index (χ2n) is 18.1. The first kappa shape index (κ1) is 60.4. The van der Waals surface area contributed by atoms with Gasteiger partial charge in [-0.3, -0.25) is 14.4 Å². The lowest BCUT2D eigenvalue weighted by Gasteiger charge is -2.18. The van der Waals surface area contributed by atoms with Crippen LogP contribution in [0.1, 0.15) is 278 Å². The second-order valence-corrected chi connectivity index (χ2v) is 18.1. The Morgan fingerprint density at radius 3 is 0.984 bits per heavy atom. The lowest BCUT2D eigenvalue weighted by molar-refractivity contribution is -0.167. The van der Waals surface area contributed by atoms with Crippen LogP contribution in [-0.2, 0) is 28.6 Å². The van der Waals surface area contributed by atoms with Gasteiger partial charge in [0.05, 0.1) is 0 Å². The van der Waals surface area contributed by atoms with Gasteiger partial charge in [0.1, 0.15) is 13.2 Å². The van der Waals surface area contributed by atoms with E-state index >= 15 is 0 Å². The summed E-state index contributed by atoms with van der Waals surface area (Å²) < 4.78 is 16.8. The third kappa shape index (κ3) is 50.2. The quantitative estimate of drug-likeness (QED) is 0.0262. The smallest absolute Gasteiger partial charge is 0.306 e. The largest absolute Gasteiger partial charge is 0.462 e. The van der Waals surface area contributed by atoms with Crippen molar-refractivity contribution < 1.29 is 28.6 Å². The van der Waals surface area contributed by atoms with Gasteiger partial charge in [-0.25, -0.2) is 0 Å². The molecule has 0 saturated heterocycles. The standard InChI is InChI=1S/C57H102O6/c1-4-7-10-13-16-19-21-23-25-26-27-28-29-30-32-33-35-38-41-44-47-50-56(59)62-53-54(52-61-55(58)49-46-43-40-37-18-15-12-9-6-3)63-57(60)51-48-45-42-39-36-34-31-24-22-20-17-14-11-8-5-2/h8,11,17,20,24,26-27,31,54H,4-7,9-10,12-16,18-19,21-23,25,28-30,32-53H2,1-3H3/b11-8-,20-17-,27-26-,31-24-. The van der Waals surface area contributed by atoms with Gasteiger partial charge < -0.3 is 14.2 Å². The van der Waals surface area contributed by atoms with Gasteiger partial charge in [-0.05, 0) is 77.0 Å². The predicted molar refractivity (Wildman–Crippen MR) is 270 cm³/mol. The molecule has 1 atom stereocenters. The molecule has 0 saturated carbocycles. The summed E-state index contributed by atoms with van der Waals surface area (Å²) in [5.41, 5.74) is 0. The summed E-state index contributed by atoms with van der Waals surface area (Å²) in [6.07, 6.45) is 62.5. The van der Waals surface area contributed by atoms with Crippen molar-refractivity contribution in [1.29, 1.82) is 0 Å². The SMILES string of the molecule is CC/C=C\C/C=C\C/C=C\CCCCCCCC(=O)OC(COC(=O)CCCCCCCCCCC)COC(=O)CCCCCCCCCCC/C=C\CCCCCCCCCC. The van der Waals surface area contributed by atoms with Gasteiger partial charge in [-0.2, -0.15) is 0 Å². The first-order chi connectivity index (χ1) is 31.0. The van der Waals surface area contributed by atoms with Crippen LogP contribution in [0, 0.1) is 0 Å². The molecule has 0 aromatic heterocycles. The van der Waals surface area contributed by atoms with Crippen molar-refractivity contribution in [3.63, 3.8) is 0 Å². The van der Waals surface area contributed by atoms with E-state index in [2.05, 4.69) is 69.4 Å². The van der Waals surface area contributed by atoms with E-state index in [4.69, 9.17) is 14.2 Å². The van der Waals surface area contributed by atoms with Crippen LogP contribution in [-0.4, -0.2) is 37.2 Å². The molecule has 0 amide bonds. The van der Waals surface area contributed by atoms with Crippen LogP contribution in [0.4, 0.5) is 0 Å². The Balaban J connectivity index is 4.27. The monoisotopic (exact) mass is 883 g/mol. The number of carbonyl (C=O) groups is 3. The molecule has 63 heavy (non-hydrogen) atoms. The summed E-state index contributed by atoms with van der Waals surface area (Å²) in [5.74, 6) is -0.892. The minimum absolute atomic E-state index is 0.0788. The van der Waals surface area contributed by atoms with E-state index in [9.17, 15) is 14.4 Å². The van der Waals surface area contributed by atoms with E-state index in [-0.39, 0.29) is 31.1 Å². The van der Waals surface area contributed by atoms with E-state index in [0.29, 0.717) is 19.3 Å². The van der Waals surface area contributed by atoms with Crippen molar-refractivity contribution >= 4 is 17.9 Å². The van der Waals surface area contributed by atoms with Crippen molar-refractivity contribution in [2.24, 2.45) is 0 Å². The molecule has 0 aliphatic rings. The molecular weight excluding hydrogens is 781 g/mol. The maximum atomic E-state index is 12.8. The molecule has 0 aliphatic heterocycles. The van der Waals surface area contributed by atoms with Crippen molar-refractivity contribution in [2.75, 3.05) is 13.2 Å². The Morgan fingerprint density at radius 2 is 0.619 bits per heavy atom. The van der Waals surface area contributed by atoms with Crippen LogP contribution in [0.25, 0.3) is 0 Å². The maximum absolute atomic E-state index is 12.8. The van der Waals surface area contributed by atoms with Crippen molar-refractivity contribution in [3.05, 3.63) is 48.6 Å². The topological polar surface area (TPSA) is 78.9 Å². The molecule has 0 rings (SSSR count). The zero-order valence-corrected chi connectivity index (χ0v) is 41.8. The lowest BCUT2D eigenvalue weighted by Crippen LogP contribution is -2.30. The number of ether oxygens (including phenoxy) is 3. The van der Waals surface area contributed by atoms with Gasteiger partial charge in [-0.15, -0.1) is 0 Å². The summed E-state index contributed by atoms with van der Waals surface area (Å²) in [5, 5.41) is 0. The highest BCUT2D eigenvalue weighted by atomic mass is 16.6. The first-order valence-corrected chi connectivity index (χ1v) is 27.1. The fourth-order valence-electron chi connectivity index (χ4n) is 7.75. The van der Waals surface area contributed by atoms with E-state index in [1.54, 1.807) is 0 Å². The Morgan fingerprint density at radius 1 is 0.333 bits per heavy atom. The highest BCUT2D eigenvalue weighted by Crippen LogP contribution is 2.15. The predicted octanol–water partition coefficient (Wildman–Crippen LogP) is 17.9. The van der Waals surface area contributed by atoms with Gasteiger partial charge in [0.15, 0.2) is 6.10 Å². The molecular formula is C57H102O6. The summed E-state index contributed by atoms with van der Waals surface area (Å²) >= 11 is 0. The summed E-state index contributed by atoms with van der Waals surface area (Å²) in [6, 6.07) is 0. The number of esters is 3. The number of hydrogen-bond acceptors (Lipinski definition) is 6. The molecule has 0 spiro atoms. The van der Waals surface area contributed by atoms with Gasteiger partial charge in [0.25, 0.3) is 0 Å². The van der Waals surface area contributed by atoms with Crippen LogP contribution < -0.4 is 0 Å². The average Bonchev–Trinajstić information content (AvgIpc) is 3.28. The van der Waals surface area contributed by atoms with Crippen molar-refractivity contribution in [1.82, 2.24) is 0 Å². The molecule has 366 valence electrons. The molecule has 0 radical (unpaired) electrons. The fraction of sp³-hybridized carbons (Fsp3) is 0.807. The van der Waals surface area contributed by atoms with Crippen molar-refractivity contribution in [3.8, 4) is 0 Å². The summed E-state index contributed by atoms with van der Waals surface area (Å²) in [4.78, 5) is 37.9. The molecule has 0 aromatic rings. The molecule has 1 unspecified atom stereocenters. The van der Waals surface area contributed by atoms with Gasteiger partial charge in [0, 0.05) is 19.3 Å². The molecule has 0 bridgehead atoms. The molecule has 6 nitrogen and oxygen atoms in total. The Labute approximate surface area is 390 Å². The van der Waals surface area contributed by atoms with Crippen molar-refractivity contribution in [2.45, 2.75) is 284 Å². The molecule has 0 aliphatic carbocycles. The number of rotatable bonds is 49. The zero-order chi connectivity index (χ0) is 45.8. The third-order valence-electron chi connectivity index (χ3n) is 11.8. The van der Waals surface area contributed by atoms with Crippen LogP contribution >= 0.6 is 0 Å². The van der Waals surface area contributed by atoms with Crippen LogP contribution in [0.2, 0.25) is 0 Å². The minimum Gasteiger partial charge on any atom is -0.462 e. The number of carbonyl (C=O) groups excluding carboxylic acids is 3. The lowest BCUT2D eigenvalue weighted by atomic mass is 10.1. The van der Waals surface area contributed by atoms with Crippen LogP contribution in [0.5, 0.6) is 0 Å². The molecule has 6 heteroatoms. The fourth-order valence-corrected chi connectivity index (χ4v) is 7.75. The number of hydrogen-bond donors (Lipinski definition) is 0. The zero-order valence-electron chi connectivity index (χ0n) is 41.8. The Hall–Kier alpha value is -2.63.